The lowest BCUT2D eigenvalue weighted by atomic mass is 10.2. The second-order valence-electron chi connectivity index (χ2n) is 8.43. The molecule has 0 atom stereocenters. The summed E-state index contributed by atoms with van der Waals surface area (Å²) in [5.41, 5.74) is 1.14. The van der Waals surface area contributed by atoms with Crippen molar-refractivity contribution in [3.8, 4) is 0 Å². The Morgan fingerprint density at radius 3 is 2.18 bits per heavy atom. The van der Waals surface area contributed by atoms with Crippen LogP contribution in [0.5, 0.6) is 0 Å². The molecule has 0 bridgehead atoms. The first kappa shape index (κ1) is 26.1. The summed E-state index contributed by atoms with van der Waals surface area (Å²) in [5, 5.41) is -0.0926. The number of ether oxygens (including phenoxy) is 1. The van der Waals surface area contributed by atoms with Crippen molar-refractivity contribution in [3.63, 3.8) is 0 Å². The number of nitrogens with zero attached hydrogens (tertiary/aromatic N) is 3. The van der Waals surface area contributed by atoms with Crippen molar-refractivity contribution in [1.82, 2.24) is 13.9 Å². The van der Waals surface area contributed by atoms with Gasteiger partial charge in [-0.3, -0.25) is 0 Å². The van der Waals surface area contributed by atoms with Crippen LogP contribution in [-0.4, -0.2) is 51.0 Å². The maximum atomic E-state index is 13.4. The quantitative estimate of drug-likeness (QED) is 0.374. The largest absolute Gasteiger partial charge is 0.383 e. The van der Waals surface area contributed by atoms with Gasteiger partial charge in [-0.2, -0.15) is 4.31 Å². The van der Waals surface area contributed by atoms with E-state index in [1.54, 1.807) is 59.2 Å². The Balaban J connectivity index is 1.99. The Kier molecular flexibility index (Phi) is 8.64. The molecule has 0 spiro atoms. The number of benzene rings is 2. The first-order valence-electron chi connectivity index (χ1n) is 11.0. The molecule has 2 aromatic carbocycles. The molecular weight excluding hydrogens is 474 g/mol. The predicted octanol–water partition coefficient (Wildman–Crippen LogP) is 3.35. The van der Waals surface area contributed by atoms with E-state index >= 15 is 0 Å². The summed E-state index contributed by atoms with van der Waals surface area (Å²) in [6.07, 6.45) is 1.45. The number of hydrogen-bond donors (Lipinski definition) is 0. The molecule has 0 N–H and O–H groups in total. The standard InChI is InChI=1S/C24H31N3O5S2/c1-20(2)17-26(34(30,31)23-12-8-5-9-13-23)18-22-16-25-24(27(22)14-15-32-3)33(28,29)19-21-10-6-4-7-11-21/h4-13,16,20H,14-15,17-19H2,1-3H3. The Morgan fingerprint density at radius 1 is 0.971 bits per heavy atom. The molecular formula is C24H31N3O5S2. The van der Waals surface area contributed by atoms with E-state index in [2.05, 4.69) is 4.98 Å². The zero-order chi connectivity index (χ0) is 24.8. The molecule has 3 aromatic rings. The Labute approximate surface area is 202 Å². The summed E-state index contributed by atoms with van der Waals surface area (Å²) >= 11 is 0. The number of rotatable bonds is 12. The Morgan fingerprint density at radius 2 is 1.59 bits per heavy atom. The van der Waals surface area contributed by atoms with Gasteiger partial charge in [0.15, 0.2) is 0 Å². The molecule has 0 fully saturated rings. The number of aromatic nitrogens is 2. The third-order valence-electron chi connectivity index (χ3n) is 5.19. The molecule has 34 heavy (non-hydrogen) atoms. The van der Waals surface area contributed by atoms with E-state index < -0.39 is 19.9 Å². The monoisotopic (exact) mass is 505 g/mol. The van der Waals surface area contributed by atoms with Crippen LogP contribution in [0.4, 0.5) is 0 Å². The zero-order valence-corrected chi connectivity index (χ0v) is 21.3. The lowest BCUT2D eigenvalue weighted by Crippen LogP contribution is -2.34. The van der Waals surface area contributed by atoms with E-state index in [0.29, 0.717) is 11.3 Å². The smallest absolute Gasteiger partial charge is 0.243 e. The van der Waals surface area contributed by atoms with Crippen LogP contribution >= 0.6 is 0 Å². The Hall–Kier alpha value is -2.53. The summed E-state index contributed by atoms with van der Waals surface area (Å²) in [4.78, 5) is 4.41. The lowest BCUT2D eigenvalue weighted by Gasteiger charge is -2.24. The van der Waals surface area contributed by atoms with Crippen molar-refractivity contribution in [2.24, 2.45) is 5.92 Å². The van der Waals surface area contributed by atoms with Crippen molar-refractivity contribution in [1.29, 1.82) is 0 Å². The zero-order valence-electron chi connectivity index (χ0n) is 19.7. The van der Waals surface area contributed by atoms with Gasteiger partial charge in [-0.05, 0) is 23.6 Å². The van der Waals surface area contributed by atoms with E-state index in [-0.39, 0.29) is 48.0 Å². The number of sulfone groups is 1. The molecule has 0 amide bonds. The van der Waals surface area contributed by atoms with Crippen molar-refractivity contribution in [3.05, 3.63) is 78.1 Å². The van der Waals surface area contributed by atoms with Crippen LogP contribution in [0.3, 0.4) is 0 Å². The predicted molar refractivity (Wildman–Crippen MR) is 130 cm³/mol. The maximum absolute atomic E-state index is 13.4. The minimum Gasteiger partial charge on any atom is -0.383 e. The summed E-state index contributed by atoms with van der Waals surface area (Å²) in [7, 11) is -6.04. The van der Waals surface area contributed by atoms with Crippen molar-refractivity contribution in [2.45, 2.75) is 42.7 Å². The van der Waals surface area contributed by atoms with Crippen LogP contribution in [0.25, 0.3) is 0 Å². The molecule has 0 radical (unpaired) electrons. The van der Waals surface area contributed by atoms with E-state index in [0.717, 1.165) is 0 Å². The molecule has 0 aliphatic carbocycles. The van der Waals surface area contributed by atoms with Gasteiger partial charge in [0.25, 0.3) is 0 Å². The first-order chi connectivity index (χ1) is 16.1. The van der Waals surface area contributed by atoms with Gasteiger partial charge in [0.1, 0.15) is 0 Å². The van der Waals surface area contributed by atoms with Crippen molar-refractivity contribution < 1.29 is 21.6 Å². The van der Waals surface area contributed by atoms with Crippen LogP contribution in [-0.2, 0) is 43.4 Å². The summed E-state index contributed by atoms with van der Waals surface area (Å²) in [5.74, 6) is -0.134. The van der Waals surface area contributed by atoms with Gasteiger partial charge in [-0.25, -0.2) is 21.8 Å². The van der Waals surface area contributed by atoms with Crippen LogP contribution in [0, 0.1) is 5.92 Å². The summed E-state index contributed by atoms with van der Waals surface area (Å²) in [6.45, 7) is 4.63. The van der Waals surface area contributed by atoms with E-state index in [9.17, 15) is 16.8 Å². The minimum absolute atomic E-state index is 0.00697. The first-order valence-corrected chi connectivity index (χ1v) is 14.1. The van der Waals surface area contributed by atoms with Crippen molar-refractivity contribution >= 4 is 19.9 Å². The number of methoxy groups -OCH3 is 1. The fraction of sp³-hybridized carbons (Fsp3) is 0.375. The van der Waals surface area contributed by atoms with E-state index in [1.165, 1.54) is 17.6 Å². The van der Waals surface area contributed by atoms with Gasteiger partial charge in [0.2, 0.25) is 25.0 Å². The van der Waals surface area contributed by atoms with Crippen LogP contribution < -0.4 is 0 Å². The molecule has 1 heterocycles. The highest BCUT2D eigenvalue weighted by atomic mass is 32.2. The normalized spacial score (nSPS) is 12.5. The molecule has 184 valence electrons. The fourth-order valence-electron chi connectivity index (χ4n) is 3.62. The molecule has 8 nitrogen and oxygen atoms in total. The minimum atomic E-state index is -3.79. The molecule has 0 aliphatic heterocycles. The summed E-state index contributed by atoms with van der Waals surface area (Å²) < 4.78 is 61.4. The molecule has 0 saturated heterocycles. The molecule has 0 aliphatic rings. The van der Waals surface area contributed by atoms with Gasteiger partial charge in [-0.15, -0.1) is 0 Å². The van der Waals surface area contributed by atoms with Crippen LogP contribution in [0.1, 0.15) is 25.1 Å². The van der Waals surface area contributed by atoms with E-state index in [1.807, 2.05) is 19.9 Å². The highest BCUT2D eigenvalue weighted by Gasteiger charge is 2.29. The second-order valence-corrected chi connectivity index (χ2v) is 12.2. The third kappa shape index (κ3) is 6.32. The summed E-state index contributed by atoms with van der Waals surface area (Å²) in [6, 6.07) is 17.1. The fourth-order valence-corrected chi connectivity index (χ4v) is 6.74. The van der Waals surface area contributed by atoms with Gasteiger partial charge < -0.3 is 9.30 Å². The molecule has 3 rings (SSSR count). The Bertz CT molecular complexity index is 1270. The van der Waals surface area contributed by atoms with Crippen LogP contribution in [0.15, 0.2) is 76.9 Å². The average molecular weight is 506 g/mol. The highest BCUT2D eigenvalue weighted by Crippen LogP contribution is 2.23. The molecule has 1 aromatic heterocycles. The second kappa shape index (κ2) is 11.3. The third-order valence-corrected chi connectivity index (χ3v) is 8.61. The average Bonchev–Trinajstić information content (AvgIpc) is 3.21. The highest BCUT2D eigenvalue weighted by molar-refractivity contribution is 7.90. The van der Waals surface area contributed by atoms with Gasteiger partial charge in [-0.1, -0.05) is 62.4 Å². The van der Waals surface area contributed by atoms with Crippen molar-refractivity contribution in [2.75, 3.05) is 20.3 Å². The van der Waals surface area contributed by atoms with Gasteiger partial charge >= 0.3 is 0 Å². The topological polar surface area (TPSA) is 98.6 Å². The van der Waals surface area contributed by atoms with Crippen LogP contribution in [0.2, 0.25) is 0 Å². The maximum Gasteiger partial charge on any atom is 0.243 e. The molecule has 0 saturated carbocycles. The lowest BCUT2D eigenvalue weighted by molar-refractivity contribution is 0.182. The molecule has 0 unspecified atom stereocenters. The number of hydrogen-bond acceptors (Lipinski definition) is 6. The molecule has 10 heteroatoms. The van der Waals surface area contributed by atoms with Gasteiger partial charge in [0.05, 0.1) is 35.7 Å². The SMILES string of the molecule is COCCn1c(CN(CC(C)C)S(=O)(=O)c2ccccc2)cnc1S(=O)(=O)Cc1ccccc1. The number of sulfonamides is 1. The number of imidazole rings is 1. The van der Waals surface area contributed by atoms with E-state index in [4.69, 9.17) is 4.74 Å². The van der Waals surface area contributed by atoms with Gasteiger partial charge in [0, 0.05) is 20.2 Å².